The Hall–Kier alpha value is -0.610. The molecule has 0 aliphatic rings. The number of hydrogen-bond donors (Lipinski definition) is 2. The molecule has 0 spiro atoms. The molecule has 0 aromatic heterocycles. The van der Waals surface area contributed by atoms with Crippen LogP contribution in [0, 0.1) is 0 Å². The van der Waals surface area contributed by atoms with E-state index >= 15 is 0 Å². The van der Waals surface area contributed by atoms with Gasteiger partial charge in [-0.1, -0.05) is 6.92 Å². The normalized spacial score (nSPS) is 12.8. The van der Waals surface area contributed by atoms with Crippen LogP contribution in [-0.2, 0) is 9.53 Å². The fraction of sp³-hybridized carbons (Fsp3) is 0.917. The number of carbonyl (C=O) groups excluding carboxylic acids is 1. The summed E-state index contributed by atoms with van der Waals surface area (Å²) in [6, 6.07) is 0.275. The van der Waals surface area contributed by atoms with Gasteiger partial charge in [-0.25, -0.2) is 0 Å². The van der Waals surface area contributed by atoms with Crippen LogP contribution in [0.15, 0.2) is 0 Å². The van der Waals surface area contributed by atoms with E-state index in [1.165, 1.54) is 0 Å². The molecule has 0 fully saturated rings. The Bertz CT molecular complexity index is 184. The highest BCUT2D eigenvalue weighted by atomic mass is 16.5. The van der Waals surface area contributed by atoms with Crippen LogP contribution in [0.3, 0.4) is 0 Å². The molecule has 0 heterocycles. The molecular formula is C12H26N2O2. The zero-order valence-electron chi connectivity index (χ0n) is 11.0. The maximum absolute atomic E-state index is 11.4. The van der Waals surface area contributed by atoms with Crippen molar-refractivity contribution in [1.29, 1.82) is 0 Å². The maximum Gasteiger partial charge on any atom is 0.221 e. The topological polar surface area (TPSA) is 50.4 Å². The fourth-order valence-corrected chi connectivity index (χ4v) is 1.14. The molecule has 0 rings (SSSR count). The Balaban J connectivity index is 3.28. The number of carbonyl (C=O) groups is 1. The summed E-state index contributed by atoms with van der Waals surface area (Å²) in [5.41, 5.74) is 0. The molecule has 16 heavy (non-hydrogen) atoms. The monoisotopic (exact) mass is 230 g/mol. The van der Waals surface area contributed by atoms with Crippen LogP contribution in [-0.4, -0.2) is 37.7 Å². The predicted octanol–water partition coefficient (Wildman–Crippen LogP) is 1.31. The van der Waals surface area contributed by atoms with Crippen molar-refractivity contribution < 1.29 is 9.53 Å². The molecule has 0 aliphatic heterocycles. The van der Waals surface area contributed by atoms with Crippen molar-refractivity contribution in [3.8, 4) is 0 Å². The summed E-state index contributed by atoms with van der Waals surface area (Å²) in [6.07, 6.45) is 1.78. The number of hydrogen-bond acceptors (Lipinski definition) is 3. The van der Waals surface area contributed by atoms with Crippen molar-refractivity contribution in [2.45, 2.75) is 52.7 Å². The lowest BCUT2D eigenvalue weighted by Crippen LogP contribution is -2.34. The Morgan fingerprint density at radius 3 is 2.50 bits per heavy atom. The van der Waals surface area contributed by atoms with Gasteiger partial charge < -0.3 is 15.4 Å². The second-order valence-corrected chi connectivity index (χ2v) is 4.30. The largest absolute Gasteiger partial charge is 0.377 e. The minimum absolute atomic E-state index is 0.117. The van der Waals surface area contributed by atoms with Gasteiger partial charge in [0.2, 0.25) is 5.91 Å². The highest BCUT2D eigenvalue weighted by Crippen LogP contribution is 1.89. The maximum atomic E-state index is 11.4. The van der Waals surface area contributed by atoms with Crippen molar-refractivity contribution in [1.82, 2.24) is 10.6 Å². The molecule has 0 aromatic carbocycles. The van der Waals surface area contributed by atoms with Gasteiger partial charge >= 0.3 is 0 Å². The smallest absolute Gasteiger partial charge is 0.221 e. The second kappa shape index (κ2) is 9.60. The van der Waals surface area contributed by atoms with Crippen molar-refractivity contribution >= 4 is 5.91 Å². The third kappa shape index (κ3) is 9.93. The number of amides is 1. The van der Waals surface area contributed by atoms with Gasteiger partial charge in [0.15, 0.2) is 0 Å². The summed E-state index contributed by atoms with van der Waals surface area (Å²) in [5.74, 6) is 0.117. The van der Waals surface area contributed by atoms with Crippen molar-refractivity contribution in [2.75, 3.05) is 19.7 Å². The minimum atomic E-state index is 0.117. The zero-order valence-corrected chi connectivity index (χ0v) is 11.0. The van der Waals surface area contributed by atoms with Crippen LogP contribution in [0.1, 0.15) is 40.5 Å². The zero-order chi connectivity index (χ0) is 12.4. The first kappa shape index (κ1) is 15.4. The molecule has 2 N–H and O–H groups in total. The minimum Gasteiger partial charge on any atom is -0.377 e. The van der Waals surface area contributed by atoms with Crippen LogP contribution in [0.2, 0.25) is 0 Å². The van der Waals surface area contributed by atoms with E-state index in [2.05, 4.69) is 17.6 Å². The van der Waals surface area contributed by atoms with E-state index in [9.17, 15) is 4.79 Å². The number of rotatable bonds is 9. The molecule has 0 aliphatic carbocycles. The van der Waals surface area contributed by atoms with Crippen molar-refractivity contribution in [2.24, 2.45) is 0 Å². The summed E-state index contributed by atoms with van der Waals surface area (Å²) < 4.78 is 5.37. The highest BCUT2D eigenvalue weighted by molar-refractivity contribution is 5.76. The standard InChI is InChI=1S/C12H26N2O2/c1-5-11(4)14-12(15)6-7-13-8-9-16-10(2)3/h10-11,13H,5-9H2,1-4H3,(H,14,15). The molecule has 4 heteroatoms. The first-order valence-electron chi connectivity index (χ1n) is 6.18. The summed E-state index contributed by atoms with van der Waals surface area (Å²) in [5, 5.41) is 6.11. The van der Waals surface area contributed by atoms with Gasteiger partial charge in [0.1, 0.15) is 0 Å². The van der Waals surface area contributed by atoms with Crippen LogP contribution >= 0.6 is 0 Å². The summed E-state index contributed by atoms with van der Waals surface area (Å²) in [7, 11) is 0. The molecule has 1 unspecified atom stereocenters. The SMILES string of the molecule is CCC(C)NC(=O)CCNCCOC(C)C. The van der Waals surface area contributed by atoms with Crippen LogP contribution in [0.5, 0.6) is 0 Å². The van der Waals surface area contributed by atoms with Gasteiger partial charge in [0.05, 0.1) is 12.7 Å². The fourth-order valence-electron chi connectivity index (χ4n) is 1.14. The Morgan fingerprint density at radius 2 is 1.94 bits per heavy atom. The van der Waals surface area contributed by atoms with E-state index in [0.717, 1.165) is 13.0 Å². The van der Waals surface area contributed by atoms with E-state index in [4.69, 9.17) is 4.74 Å². The Labute approximate surface area is 99.1 Å². The lowest BCUT2D eigenvalue weighted by atomic mass is 10.2. The predicted molar refractivity (Wildman–Crippen MR) is 66.5 cm³/mol. The molecular weight excluding hydrogens is 204 g/mol. The average molecular weight is 230 g/mol. The van der Waals surface area contributed by atoms with Gasteiger partial charge in [-0.3, -0.25) is 4.79 Å². The number of ether oxygens (including phenoxy) is 1. The lowest BCUT2D eigenvalue weighted by Gasteiger charge is -2.12. The van der Waals surface area contributed by atoms with Crippen LogP contribution in [0.4, 0.5) is 0 Å². The Kier molecular flexibility index (Phi) is 9.24. The highest BCUT2D eigenvalue weighted by Gasteiger charge is 2.04. The molecule has 0 saturated carbocycles. The first-order valence-corrected chi connectivity index (χ1v) is 6.18. The molecule has 0 radical (unpaired) electrons. The number of nitrogens with one attached hydrogen (secondary N) is 2. The molecule has 1 amide bonds. The Morgan fingerprint density at radius 1 is 1.25 bits per heavy atom. The van der Waals surface area contributed by atoms with Crippen molar-refractivity contribution in [3.63, 3.8) is 0 Å². The van der Waals surface area contributed by atoms with Crippen molar-refractivity contribution in [3.05, 3.63) is 0 Å². The summed E-state index contributed by atoms with van der Waals surface area (Å²) in [6.45, 7) is 10.3. The molecule has 4 nitrogen and oxygen atoms in total. The van der Waals surface area contributed by atoms with Crippen LogP contribution in [0.25, 0.3) is 0 Å². The van der Waals surface area contributed by atoms with Gasteiger partial charge in [0.25, 0.3) is 0 Å². The quantitative estimate of drug-likeness (QED) is 0.587. The molecule has 0 saturated heterocycles. The van der Waals surface area contributed by atoms with E-state index < -0.39 is 0 Å². The van der Waals surface area contributed by atoms with Gasteiger partial charge in [-0.2, -0.15) is 0 Å². The van der Waals surface area contributed by atoms with E-state index in [1.807, 2.05) is 20.8 Å². The van der Waals surface area contributed by atoms with Crippen LogP contribution < -0.4 is 10.6 Å². The summed E-state index contributed by atoms with van der Waals surface area (Å²) in [4.78, 5) is 11.4. The molecule has 1 atom stereocenters. The van der Waals surface area contributed by atoms with E-state index in [-0.39, 0.29) is 18.1 Å². The first-order chi connectivity index (χ1) is 7.56. The lowest BCUT2D eigenvalue weighted by molar-refractivity contribution is -0.121. The van der Waals surface area contributed by atoms with Gasteiger partial charge in [0, 0.05) is 25.6 Å². The van der Waals surface area contributed by atoms with Gasteiger partial charge in [-0.05, 0) is 27.2 Å². The third-order valence-corrected chi connectivity index (χ3v) is 2.28. The summed E-state index contributed by atoms with van der Waals surface area (Å²) >= 11 is 0. The molecule has 96 valence electrons. The molecule has 0 aromatic rings. The third-order valence-electron chi connectivity index (χ3n) is 2.28. The van der Waals surface area contributed by atoms with E-state index in [0.29, 0.717) is 19.6 Å². The molecule has 0 bridgehead atoms. The second-order valence-electron chi connectivity index (χ2n) is 4.30. The average Bonchev–Trinajstić information content (AvgIpc) is 2.22. The van der Waals surface area contributed by atoms with Gasteiger partial charge in [-0.15, -0.1) is 0 Å². The van der Waals surface area contributed by atoms with E-state index in [1.54, 1.807) is 0 Å².